The fraction of sp³-hybridized carbons (Fsp3) is 0.208. The number of amides is 3. The molecule has 1 heterocycles. The van der Waals surface area contributed by atoms with Crippen molar-refractivity contribution in [3.63, 3.8) is 0 Å². The molecule has 1 aliphatic rings. The maximum atomic E-state index is 12.9. The summed E-state index contributed by atoms with van der Waals surface area (Å²) in [5, 5.41) is 4.56. The minimum atomic E-state index is -0.294. The minimum absolute atomic E-state index is 0.0913. The van der Waals surface area contributed by atoms with Gasteiger partial charge < -0.3 is 5.32 Å². The second-order valence-corrected chi connectivity index (χ2v) is 7.27. The predicted octanol–water partition coefficient (Wildman–Crippen LogP) is 4.09. The molecule has 1 atom stereocenters. The first-order chi connectivity index (χ1) is 14.1. The lowest BCUT2D eigenvalue weighted by atomic mass is 9.94. The van der Waals surface area contributed by atoms with Crippen molar-refractivity contribution in [2.75, 3.05) is 6.54 Å². The van der Waals surface area contributed by atoms with Gasteiger partial charge in [0.15, 0.2) is 0 Å². The predicted molar refractivity (Wildman–Crippen MR) is 112 cm³/mol. The van der Waals surface area contributed by atoms with Gasteiger partial charge in [0.2, 0.25) is 5.91 Å². The van der Waals surface area contributed by atoms with Crippen LogP contribution in [0.25, 0.3) is 10.8 Å². The van der Waals surface area contributed by atoms with Gasteiger partial charge in [-0.05, 0) is 36.4 Å². The summed E-state index contributed by atoms with van der Waals surface area (Å²) in [5.74, 6) is -0.685. The third-order valence-electron chi connectivity index (χ3n) is 5.32. The maximum absolute atomic E-state index is 12.9. The van der Waals surface area contributed by atoms with Crippen LogP contribution in [-0.2, 0) is 4.79 Å². The van der Waals surface area contributed by atoms with Crippen molar-refractivity contribution in [2.45, 2.75) is 25.8 Å². The molecule has 0 spiro atoms. The van der Waals surface area contributed by atoms with Gasteiger partial charge in [-0.2, -0.15) is 0 Å². The molecule has 0 saturated carbocycles. The first kappa shape index (κ1) is 18.9. The highest BCUT2D eigenvalue weighted by molar-refractivity contribution is 6.25. The van der Waals surface area contributed by atoms with E-state index in [1.54, 1.807) is 12.1 Å². The lowest BCUT2D eigenvalue weighted by Gasteiger charge is -2.27. The Bertz CT molecular complexity index is 1040. The van der Waals surface area contributed by atoms with Crippen molar-refractivity contribution in [2.24, 2.45) is 0 Å². The van der Waals surface area contributed by atoms with Crippen LogP contribution < -0.4 is 5.32 Å². The van der Waals surface area contributed by atoms with Crippen molar-refractivity contribution >= 4 is 28.5 Å². The number of nitrogens with zero attached hydrogens (tertiary/aromatic N) is 1. The summed E-state index contributed by atoms with van der Waals surface area (Å²) in [6, 6.07) is 20.6. The molecule has 0 aromatic heterocycles. The number of carbonyl (C=O) groups is 3. The second-order valence-electron chi connectivity index (χ2n) is 7.27. The normalized spacial score (nSPS) is 14.2. The maximum Gasteiger partial charge on any atom is 0.261 e. The number of rotatable bonds is 6. The van der Waals surface area contributed by atoms with E-state index in [2.05, 4.69) is 5.32 Å². The van der Waals surface area contributed by atoms with E-state index in [4.69, 9.17) is 0 Å². The molecule has 0 radical (unpaired) electrons. The van der Waals surface area contributed by atoms with Crippen molar-refractivity contribution in [3.05, 3.63) is 83.4 Å². The summed E-state index contributed by atoms with van der Waals surface area (Å²) in [7, 11) is 0. The van der Waals surface area contributed by atoms with Gasteiger partial charge in [0, 0.05) is 29.5 Å². The van der Waals surface area contributed by atoms with Crippen LogP contribution in [0.1, 0.15) is 52.1 Å². The number of benzene rings is 3. The van der Waals surface area contributed by atoms with Gasteiger partial charge in [-0.3, -0.25) is 19.3 Å². The number of imide groups is 1. The third-order valence-corrected chi connectivity index (χ3v) is 5.32. The number of carbonyl (C=O) groups excluding carboxylic acids is 3. The summed E-state index contributed by atoms with van der Waals surface area (Å²) >= 11 is 0. The smallest absolute Gasteiger partial charge is 0.261 e. The standard InChI is InChI=1S/C24H22N2O3/c1-16(17-8-3-2-4-9-17)25-21(27)14-7-15-26-23(28)19-12-5-10-18-11-6-13-20(22(18)19)24(26)29/h2-6,8-13,16H,7,14-15H2,1H3,(H,25,27)/t16-/m0/s1. The molecule has 3 aromatic carbocycles. The Balaban J connectivity index is 1.40. The molecule has 3 aromatic rings. The fourth-order valence-corrected chi connectivity index (χ4v) is 3.82. The SMILES string of the molecule is C[C@H](NC(=O)CCCN1C(=O)c2cccc3cccc(c23)C1=O)c1ccccc1. The van der Waals surface area contributed by atoms with E-state index in [-0.39, 0.29) is 36.7 Å². The fourth-order valence-electron chi connectivity index (χ4n) is 3.82. The lowest BCUT2D eigenvalue weighted by Crippen LogP contribution is -2.41. The van der Waals surface area contributed by atoms with Gasteiger partial charge >= 0.3 is 0 Å². The van der Waals surface area contributed by atoms with Crippen LogP contribution in [0.5, 0.6) is 0 Å². The van der Waals surface area contributed by atoms with Gasteiger partial charge in [0.1, 0.15) is 0 Å². The van der Waals surface area contributed by atoms with Crippen molar-refractivity contribution in [1.82, 2.24) is 10.2 Å². The molecule has 5 heteroatoms. The molecule has 0 saturated heterocycles. The van der Waals surface area contributed by atoms with Crippen LogP contribution in [-0.4, -0.2) is 29.2 Å². The summed E-state index contributed by atoms with van der Waals surface area (Å²) in [5.41, 5.74) is 2.12. The van der Waals surface area contributed by atoms with Crippen molar-refractivity contribution in [1.29, 1.82) is 0 Å². The Morgan fingerprint density at radius 1 is 0.897 bits per heavy atom. The molecular weight excluding hydrogens is 364 g/mol. The van der Waals surface area contributed by atoms with Gasteiger partial charge in [-0.1, -0.05) is 54.6 Å². The highest BCUT2D eigenvalue weighted by atomic mass is 16.2. The highest BCUT2D eigenvalue weighted by Crippen LogP contribution is 2.30. The monoisotopic (exact) mass is 386 g/mol. The Morgan fingerprint density at radius 2 is 1.52 bits per heavy atom. The molecule has 0 fully saturated rings. The first-order valence-electron chi connectivity index (χ1n) is 9.78. The first-order valence-corrected chi connectivity index (χ1v) is 9.78. The van der Waals surface area contributed by atoms with Crippen LogP contribution in [0.3, 0.4) is 0 Å². The van der Waals surface area contributed by atoms with Crippen LogP contribution >= 0.6 is 0 Å². The summed E-state index contributed by atoms with van der Waals surface area (Å²) in [6.45, 7) is 2.15. The van der Waals surface area contributed by atoms with Gasteiger partial charge in [0.25, 0.3) is 11.8 Å². The average Bonchev–Trinajstić information content (AvgIpc) is 2.74. The van der Waals surface area contributed by atoms with E-state index in [1.807, 2.05) is 61.5 Å². The van der Waals surface area contributed by atoms with Gasteiger partial charge in [-0.15, -0.1) is 0 Å². The molecule has 4 rings (SSSR count). The highest BCUT2D eigenvalue weighted by Gasteiger charge is 2.32. The molecule has 0 unspecified atom stereocenters. The van der Waals surface area contributed by atoms with Gasteiger partial charge in [-0.25, -0.2) is 0 Å². The van der Waals surface area contributed by atoms with Gasteiger partial charge in [0.05, 0.1) is 6.04 Å². The lowest BCUT2D eigenvalue weighted by molar-refractivity contribution is -0.121. The summed E-state index contributed by atoms with van der Waals surface area (Å²) in [6.07, 6.45) is 0.670. The number of hydrogen-bond donors (Lipinski definition) is 1. The Hall–Kier alpha value is -3.47. The molecule has 1 aliphatic heterocycles. The second kappa shape index (κ2) is 7.87. The Morgan fingerprint density at radius 3 is 2.14 bits per heavy atom. The molecule has 0 aliphatic carbocycles. The minimum Gasteiger partial charge on any atom is -0.350 e. The average molecular weight is 386 g/mol. The number of hydrogen-bond acceptors (Lipinski definition) is 3. The zero-order chi connectivity index (χ0) is 20.4. The molecule has 5 nitrogen and oxygen atoms in total. The van der Waals surface area contributed by atoms with Crippen molar-refractivity contribution in [3.8, 4) is 0 Å². The zero-order valence-electron chi connectivity index (χ0n) is 16.2. The van der Waals surface area contributed by atoms with Crippen LogP contribution in [0, 0.1) is 0 Å². The van der Waals surface area contributed by atoms with E-state index in [9.17, 15) is 14.4 Å². The molecule has 3 amide bonds. The van der Waals surface area contributed by atoms with Crippen LogP contribution in [0.4, 0.5) is 0 Å². The van der Waals surface area contributed by atoms with E-state index in [0.717, 1.165) is 16.3 Å². The molecular formula is C24H22N2O3. The molecule has 0 bridgehead atoms. The molecule has 146 valence electrons. The molecule has 29 heavy (non-hydrogen) atoms. The Labute approximate surface area is 169 Å². The van der Waals surface area contributed by atoms with E-state index < -0.39 is 0 Å². The van der Waals surface area contributed by atoms with Crippen LogP contribution in [0.15, 0.2) is 66.7 Å². The van der Waals surface area contributed by atoms with Crippen LogP contribution in [0.2, 0.25) is 0 Å². The number of nitrogens with one attached hydrogen (secondary N) is 1. The Kier molecular flexibility index (Phi) is 5.12. The quantitative estimate of drug-likeness (QED) is 0.649. The third kappa shape index (κ3) is 3.63. The van der Waals surface area contributed by atoms with E-state index in [1.165, 1.54) is 4.90 Å². The van der Waals surface area contributed by atoms with E-state index >= 15 is 0 Å². The largest absolute Gasteiger partial charge is 0.350 e. The van der Waals surface area contributed by atoms with Crippen molar-refractivity contribution < 1.29 is 14.4 Å². The zero-order valence-corrected chi connectivity index (χ0v) is 16.2. The summed E-state index contributed by atoms with van der Waals surface area (Å²) in [4.78, 5) is 39.3. The summed E-state index contributed by atoms with van der Waals surface area (Å²) < 4.78 is 0. The topological polar surface area (TPSA) is 66.5 Å². The van der Waals surface area contributed by atoms with E-state index in [0.29, 0.717) is 17.5 Å². The molecule has 1 N–H and O–H groups in total.